The molecule has 0 heterocycles. The highest BCUT2D eigenvalue weighted by molar-refractivity contribution is 5.89. The number of fused-ring (bicyclic) bond motifs is 1. The van der Waals surface area contributed by atoms with Crippen LogP contribution in [0.15, 0.2) is 78.9 Å². The Morgan fingerprint density at radius 3 is 1.94 bits per heavy atom. The van der Waals surface area contributed by atoms with Crippen LogP contribution in [-0.2, 0) is 12.6 Å². The number of halogens is 4. The van der Waals surface area contributed by atoms with Crippen LogP contribution in [0.2, 0.25) is 0 Å². The van der Waals surface area contributed by atoms with Crippen LogP contribution < -0.4 is 0 Å². The molecule has 4 heteroatoms. The Morgan fingerprint density at radius 2 is 1.31 bits per heavy atom. The van der Waals surface area contributed by atoms with Gasteiger partial charge in [0, 0.05) is 10.9 Å². The zero-order chi connectivity index (χ0) is 22.7. The van der Waals surface area contributed by atoms with Crippen LogP contribution in [-0.4, -0.2) is 0 Å². The molecule has 0 bridgehead atoms. The van der Waals surface area contributed by atoms with E-state index in [4.69, 9.17) is 0 Å². The molecule has 0 saturated heterocycles. The van der Waals surface area contributed by atoms with Crippen LogP contribution in [0.5, 0.6) is 0 Å². The van der Waals surface area contributed by atoms with E-state index in [-0.39, 0.29) is 5.82 Å². The summed E-state index contributed by atoms with van der Waals surface area (Å²) in [7, 11) is 0. The minimum absolute atomic E-state index is 0.259. The van der Waals surface area contributed by atoms with Gasteiger partial charge in [0.15, 0.2) is 0 Å². The average Bonchev–Trinajstić information content (AvgIpc) is 2.79. The second kappa shape index (κ2) is 9.15. The molecule has 0 aliphatic carbocycles. The Morgan fingerprint density at radius 1 is 0.688 bits per heavy atom. The van der Waals surface area contributed by atoms with Gasteiger partial charge in [-0.25, -0.2) is 4.39 Å². The van der Waals surface area contributed by atoms with Gasteiger partial charge < -0.3 is 0 Å². The molecule has 0 amide bonds. The summed E-state index contributed by atoms with van der Waals surface area (Å²) in [5, 5.41) is 1.48. The first kappa shape index (κ1) is 22.1. The van der Waals surface area contributed by atoms with Crippen LogP contribution in [0.3, 0.4) is 0 Å². The first-order valence-corrected chi connectivity index (χ1v) is 10.9. The number of hydrogen-bond donors (Lipinski definition) is 0. The Balaban J connectivity index is 1.59. The fraction of sp³-hybridized carbons (Fsp3) is 0.214. The molecule has 4 aromatic rings. The van der Waals surface area contributed by atoms with E-state index >= 15 is 4.39 Å². The molecular formula is C28H24F4. The molecule has 0 aliphatic heterocycles. The number of hydrogen-bond acceptors (Lipinski definition) is 0. The zero-order valence-electron chi connectivity index (χ0n) is 17.8. The van der Waals surface area contributed by atoms with E-state index in [0.29, 0.717) is 16.5 Å². The van der Waals surface area contributed by atoms with Gasteiger partial charge >= 0.3 is 6.18 Å². The summed E-state index contributed by atoms with van der Waals surface area (Å²) < 4.78 is 53.6. The lowest BCUT2D eigenvalue weighted by Crippen LogP contribution is -2.03. The third kappa shape index (κ3) is 4.69. The molecule has 4 rings (SSSR count). The number of benzene rings is 4. The molecule has 0 unspecified atom stereocenters. The molecule has 0 fully saturated rings. The minimum atomic E-state index is -4.35. The molecule has 4 aromatic carbocycles. The van der Waals surface area contributed by atoms with E-state index < -0.39 is 11.7 Å². The molecule has 0 saturated carbocycles. The van der Waals surface area contributed by atoms with Gasteiger partial charge in [0.25, 0.3) is 0 Å². The number of alkyl halides is 3. The molecule has 164 valence electrons. The second-order valence-electron chi connectivity index (χ2n) is 8.09. The maximum atomic E-state index is 15.3. The first-order valence-electron chi connectivity index (χ1n) is 10.9. The second-order valence-corrected chi connectivity index (χ2v) is 8.09. The van der Waals surface area contributed by atoms with Crippen LogP contribution in [0.4, 0.5) is 17.6 Å². The van der Waals surface area contributed by atoms with Gasteiger partial charge in [0.05, 0.1) is 5.56 Å². The van der Waals surface area contributed by atoms with E-state index in [0.717, 1.165) is 41.5 Å². The fourth-order valence-electron chi connectivity index (χ4n) is 3.99. The molecule has 0 aromatic heterocycles. The van der Waals surface area contributed by atoms with E-state index in [1.807, 2.05) is 18.2 Å². The van der Waals surface area contributed by atoms with Crippen LogP contribution >= 0.6 is 0 Å². The molecule has 0 nitrogen and oxygen atoms in total. The van der Waals surface area contributed by atoms with Crippen molar-refractivity contribution in [3.8, 4) is 22.3 Å². The topological polar surface area (TPSA) is 0 Å². The van der Waals surface area contributed by atoms with E-state index in [9.17, 15) is 13.2 Å². The lowest BCUT2D eigenvalue weighted by atomic mass is 9.96. The van der Waals surface area contributed by atoms with Gasteiger partial charge in [0.2, 0.25) is 0 Å². The van der Waals surface area contributed by atoms with Gasteiger partial charge in [-0.15, -0.1) is 0 Å². The Hall–Kier alpha value is -3.14. The van der Waals surface area contributed by atoms with Crippen molar-refractivity contribution in [3.63, 3.8) is 0 Å². The standard InChI is InChI=1S/C28H24F4/c1-2-3-4-5-19-6-16-26-23(18-19)13-17-25(27(26)29)22-9-7-20(8-10-22)21-11-14-24(15-12-21)28(30,31)32/h6-18H,2-5H2,1H3. The third-order valence-corrected chi connectivity index (χ3v) is 5.83. The van der Waals surface area contributed by atoms with Gasteiger partial charge in [0.1, 0.15) is 5.82 Å². The summed E-state index contributed by atoms with van der Waals surface area (Å²) in [6.45, 7) is 2.17. The predicted octanol–water partition coefficient (Wildman–Crippen LogP) is 9.06. The lowest BCUT2D eigenvalue weighted by Gasteiger charge is -2.10. The van der Waals surface area contributed by atoms with Gasteiger partial charge in [-0.1, -0.05) is 86.5 Å². The van der Waals surface area contributed by atoms with Crippen molar-refractivity contribution in [2.75, 3.05) is 0 Å². The number of rotatable bonds is 6. The summed E-state index contributed by atoms with van der Waals surface area (Å²) in [5.74, 6) is -0.259. The summed E-state index contributed by atoms with van der Waals surface area (Å²) in [4.78, 5) is 0. The summed E-state index contributed by atoms with van der Waals surface area (Å²) in [5.41, 5.74) is 3.24. The van der Waals surface area contributed by atoms with Crippen molar-refractivity contribution >= 4 is 10.8 Å². The summed E-state index contributed by atoms with van der Waals surface area (Å²) in [6, 6.07) is 21.9. The average molecular weight is 436 g/mol. The SMILES string of the molecule is CCCCCc1ccc2c(F)c(-c3ccc(-c4ccc(C(F)(F)F)cc4)cc3)ccc2c1. The maximum Gasteiger partial charge on any atom is 0.416 e. The normalized spacial score (nSPS) is 11.8. The van der Waals surface area contributed by atoms with E-state index in [1.54, 1.807) is 30.3 Å². The monoisotopic (exact) mass is 436 g/mol. The molecule has 0 atom stereocenters. The fourth-order valence-corrected chi connectivity index (χ4v) is 3.99. The van der Waals surface area contributed by atoms with E-state index in [1.165, 1.54) is 30.5 Å². The Bertz CT molecular complexity index is 1200. The van der Waals surface area contributed by atoms with Crippen molar-refractivity contribution in [1.29, 1.82) is 0 Å². The van der Waals surface area contributed by atoms with Crippen molar-refractivity contribution in [3.05, 3.63) is 95.8 Å². The van der Waals surface area contributed by atoms with Gasteiger partial charge in [-0.2, -0.15) is 13.2 Å². The summed E-state index contributed by atoms with van der Waals surface area (Å²) >= 11 is 0. The van der Waals surface area contributed by atoms with Crippen LogP contribution in [0.1, 0.15) is 37.3 Å². The predicted molar refractivity (Wildman–Crippen MR) is 123 cm³/mol. The minimum Gasteiger partial charge on any atom is -0.206 e. The van der Waals surface area contributed by atoms with Crippen molar-refractivity contribution < 1.29 is 17.6 Å². The van der Waals surface area contributed by atoms with Crippen molar-refractivity contribution in [2.24, 2.45) is 0 Å². The third-order valence-electron chi connectivity index (χ3n) is 5.83. The van der Waals surface area contributed by atoms with Crippen LogP contribution in [0, 0.1) is 5.82 Å². The maximum absolute atomic E-state index is 15.3. The molecule has 0 aliphatic rings. The van der Waals surface area contributed by atoms with E-state index in [2.05, 4.69) is 13.0 Å². The molecule has 32 heavy (non-hydrogen) atoms. The summed E-state index contributed by atoms with van der Waals surface area (Å²) in [6.07, 6.45) is 0.135. The van der Waals surface area contributed by atoms with Gasteiger partial charge in [-0.3, -0.25) is 0 Å². The Kier molecular flexibility index (Phi) is 6.31. The molecular weight excluding hydrogens is 412 g/mol. The smallest absolute Gasteiger partial charge is 0.206 e. The van der Waals surface area contributed by atoms with Crippen molar-refractivity contribution in [1.82, 2.24) is 0 Å². The Labute approximate surface area is 185 Å². The molecule has 0 spiro atoms. The highest BCUT2D eigenvalue weighted by Crippen LogP contribution is 2.33. The van der Waals surface area contributed by atoms with Gasteiger partial charge in [-0.05, 0) is 52.6 Å². The largest absolute Gasteiger partial charge is 0.416 e. The molecule has 0 radical (unpaired) electrons. The first-order chi connectivity index (χ1) is 15.4. The number of unbranched alkanes of at least 4 members (excludes halogenated alkanes) is 2. The quantitative estimate of drug-likeness (QED) is 0.209. The molecule has 0 N–H and O–H groups in total. The van der Waals surface area contributed by atoms with Crippen molar-refractivity contribution in [2.45, 2.75) is 38.8 Å². The number of aryl methyl sites for hydroxylation is 1. The lowest BCUT2D eigenvalue weighted by molar-refractivity contribution is -0.137. The zero-order valence-corrected chi connectivity index (χ0v) is 17.8. The highest BCUT2D eigenvalue weighted by atomic mass is 19.4. The highest BCUT2D eigenvalue weighted by Gasteiger charge is 2.29. The van der Waals surface area contributed by atoms with Crippen LogP contribution in [0.25, 0.3) is 33.0 Å².